The molecule has 2 rings (SSSR count). The fourth-order valence-electron chi connectivity index (χ4n) is 2.01. The first-order valence-corrected chi connectivity index (χ1v) is 7.10. The molecule has 0 aliphatic rings. The summed E-state index contributed by atoms with van der Waals surface area (Å²) in [5, 5.41) is 1.00. The number of aromatic nitrogens is 1. The summed E-state index contributed by atoms with van der Waals surface area (Å²) >= 11 is 1.64. The SMILES string of the molecule is COc1ccc(C(=O)N(C)[C@@H](C)c2nc(C)sc2C)o1. The van der Waals surface area contributed by atoms with Crippen LogP contribution in [0.25, 0.3) is 0 Å². The number of methoxy groups -OCH3 is 1. The third-order valence-corrected chi connectivity index (χ3v) is 4.13. The van der Waals surface area contributed by atoms with E-state index >= 15 is 0 Å². The van der Waals surface area contributed by atoms with Gasteiger partial charge in [-0.2, -0.15) is 0 Å². The summed E-state index contributed by atoms with van der Waals surface area (Å²) in [6, 6.07) is 3.14. The van der Waals surface area contributed by atoms with Crippen LogP contribution >= 0.6 is 11.3 Å². The highest BCUT2D eigenvalue weighted by atomic mass is 32.1. The number of aryl methyl sites for hydroxylation is 2. The monoisotopic (exact) mass is 294 g/mol. The summed E-state index contributed by atoms with van der Waals surface area (Å²) in [6.45, 7) is 5.94. The van der Waals surface area contributed by atoms with Crippen LogP contribution < -0.4 is 4.74 Å². The van der Waals surface area contributed by atoms with Crippen LogP contribution in [0.2, 0.25) is 0 Å². The molecule has 0 N–H and O–H groups in total. The first-order chi connectivity index (χ1) is 9.43. The minimum atomic E-state index is -0.189. The molecule has 0 saturated carbocycles. The van der Waals surface area contributed by atoms with Crippen molar-refractivity contribution in [3.8, 4) is 5.95 Å². The fraction of sp³-hybridized carbons (Fsp3) is 0.429. The first-order valence-electron chi connectivity index (χ1n) is 6.29. The van der Waals surface area contributed by atoms with Crippen molar-refractivity contribution in [3.05, 3.63) is 33.5 Å². The van der Waals surface area contributed by atoms with E-state index in [2.05, 4.69) is 4.98 Å². The molecule has 1 amide bonds. The van der Waals surface area contributed by atoms with Gasteiger partial charge in [0, 0.05) is 18.0 Å². The van der Waals surface area contributed by atoms with Gasteiger partial charge in [0.05, 0.1) is 23.9 Å². The topological polar surface area (TPSA) is 55.6 Å². The molecule has 108 valence electrons. The van der Waals surface area contributed by atoms with Gasteiger partial charge in [0.15, 0.2) is 5.76 Å². The lowest BCUT2D eigenvalue weighted by Gasteiger charge is -2.23. The van der Waals surface area contributed by atoms with E-state index in [1.165, 1.54) is 7.11 Å². The number of nitrogens with zero attached hydrogens (tertiary/aromatic N) is 2. The second kappa shape index (κ2) is 5.66. The van der Waals surface area contributed by atoms with E-state index < -0.39 is 0 Å². The summed E-state index contributed by atoms with van der Waals surface area (Å²) in [4.78, 5) is 19.6. The summed E-state index contributed by atoms with van der Waals surface area (Å²) in [5.74, 6) is 0.404. The third kappa shape index (κ3) is 2.70. The van der Waals surface area contributed by atoms with Crippen molar-refractivity contribution in [1.82, 2.24) is 9.88 Å². The summed E-state index contributed by atoms with van der Waals surface area (Å²) in [7, 11) is 3.25. The van der Waals surface area contributed by atoms with Crippen molar-refractivity contribution in [1.29, 1.82) is 0 Å². The Morgan fingerprint density at radius 1 is 1.45 bits per heavy atom. The number of amides is 1. The van der Waals surface area contributed by atoms with Crippen molar-refractivity contribution in [3.63, 3.8) is 0 Å². The van der Waals surface area contributed by atoms with E-state index in [0.717, 1.165) is 15.6 Å². The highest BCUT2D eigenvalue weighted by Gasteiger charge is 2.24. The van der Waals surface area contributed by atoms with E-state index in [4.69, 9.17) is 9.15 Å². The molecule has 0 spiro atoms. The number of rotatable bonds is 4. The lowest BCUT2D eigenvalue weighted by molar-refractivity contribution is 0.0701. The summed E-state index contributed by atoms with van der Waals surface area (Å²) in [5.41, 5.74) is 0.932. The van der Waals surface area contributed by atoms with E-state index in [0.29, 0.717) is 5.95 Å². The molecular weight excluding hydrogens is 276 g/mol. The highest BCUT2D eigenvalue weighted by molar-refractivity contribution is 7.11. The van der Waals surface area contributed by atoms with Gasteiger partial charge in [-0.1, -0.05) is 0 Å². The normalized spacial score (nSPS) is 12.2. The molecule has 0 bridgehead atoms. The number of hydrogen-bond acceptors (Lipinski definition) is 5. The molecule has 2 aromatic heterocycles. The number of carbonyl (C=O) groups excluding carboxylic acids is 1. The van der Waals surface area contributed by atoms with Gasteiger partial charge in [-0.3, -0.25) is 4.79 Å². The van der Waals surface area contributed by atoms with E-state index in [9.17, 15) is 4.79 Å². The third-order valence-electron chi connectivity index (χ3n) is 3.23. The van der Waals surface area contributed by atoms with Crippen molar-refractivity contribution in [2.24, 2.45) is 0 Å². The molecule has 0 unspecified atom stereocenters. The Morgan fingerprint density at radius 3 is 2.65 bits per heavy atom. The maximum absolute atomic E-state index is 12.4. The molecular formula is C14H18N2O3S. The zero-order valence-corrected chi connectivity index (χ0v) is 13.1. The highest BCUT2D eigenvalue weighted by Crippen LogP contribution is 2.27. The largest absolute Gasteiger partial charge is 0.468 e. The average molecular weight is 294 g/mol. The molecule has 0 radical (unpaired) electrons. The quantitative estimate of drug-likeness (QED) is 0.869. The Balaban J connectivity index is 2.19. The molecule has 0 fully saturated rings. The zero-order chi connectivity index (χ0) is 14.9. The summed E-state index contributed by atoms with van der Waals surface area (Å²) in [6.07, 6.45) is 0. The molecule has 0 aliphatic heterocycles. The van der Waals surface area contributed by atoms with Crippen LogP contribution in [0.1, 0.15) is 39.1 Å². The van der Waals surface area contributed by atoms with Crippen LogP contribution in [0.4, 0.5) is 0 Å². The van der Waals surface area contributed by atoms with Crippen molar-refractivity contribution >= 4 is 17.2 Å². The number of furan rings is 1. The van der Waals surface area contributed by atoms with E-state index in [-0.39, 0.29) is 17.7 Å². The number of carbonyl (C=O) groups is 1. The average Bonchev–Trinajstić information content (AvgIpc) is 3.02. The molecule has 2 heterocycles. The van der Waals surface area contributed by atoms with Crippen LogP contribution in [0.15, 0.2) is 16.5 Å². The van der Waals surface area contributed by atoms with E-state index in [1.54, 1.807) is 35.4 Å². The molecule has 0 saturated heterocycles. The van der Waals surface area contributed by atoms with Gasteiger partial charge >= 0.3 is 0 Å². The van der Waals surface area contributed by atoms with Crippen molar-refractivity contribution < 1.29 is 13.9 Å². The maximum atomic E-state index is 12.4. The molecule has 5 nitrogen and oxygen atoms in total. The maximum Gasteiger partial charge on any atom is 0.290 e. The second-order valence-corrected chi connectivity index (χ2v) is 6.00. The van der Waals surface area contributed by atoms with Gasteiger partial charge in [0.25, 0.3) is 11.9 Å². The van der Waals surface area contributed by atoms with E-state index in [1.807, 2.05) is 20.8 Å². The molecule has 2 aromatic rings. The van der Waals surface area contributed by atoms with Gasteiger partial charge < -0.3 is 14.1 Å². The predicted molar refractivity (Wildman–Crippen MR) is 77.4 cm³/mol. The Bertz CT molecular complexity index is 618. The Labute approximate surface area is 122 Å². The van der Waals surface area contributed by atoms with Gasteiger partial charge in [-0.15, -0.1) is 11.3 Å². The molecule has 6 heteroatoms. The summed E-state index contributed by atoms with van der Waals surface area (Å²) < 4.78 is 10.3. The standard InChI is InChI=1S/C14H18N2O3S/c1-8(13-9(2)20-10(3)15-13)16(4)14(17)11-6-7-12(18-5)19-11/h6-8H,1-5H3/t8-/m0/s1. The van der Waals surface area contributed by atoms with Gasteiger partial charge in [-0.05, 0) is 26.8 Å². The predicted octanol–water partition coefficient (Wildman–Crippen LogP) is 3.19. The molecule has 0 aromatic carbocycles. The van der Waals surface area contributed by atoms with Crippen LogP contribution in [0.3, 0.4) is 0 Å². The van der Waals surface area contributed by atoms with Gasteiger partial charge in [0.1, 0.15) is 0 Å². The smallest absolute Gasteiger partial charge is 0.290 e. The number of thiazole rings is 1. The van der Waals surface area contributed by atoms with Gasteiger partial charge in [-0.25, -0.2) is 4.98 Å². The van der Waals surface area contributed by atoms with Crippen LogP contribution in [0, 0.1) is 13.8 Å². The minimum Gasteiger partial charge on any atom is -0.468 e. The Morgan fingerprint density at radius 2 is 2.15 bits per heavy atom. The number of hydrogen-bond donors (Lipinski definition) is 0. The second-order valence-electron chi connectivity index (χ2n) is 4.59. The van der Waals surface area contributed by atoms with Gasteiger partial charge in [0.2, 0.25) is 0 Å². The van der Waals surface area contributed by atoms with Crippen LogP contribution in [0.5, 0.6) is 5.95 Å². The van der Waals surface area contributed by atoms with Crippen LogP contribution in [-0.2, 0) is 0 Å². The minimum absolute atomic E-state index is 0.108. The number of ether oxygens (including phenoxy) is 1. The van der Waals surface area contributed by atoms with Crippen LogP contribution in [-0.4, -0.2) is 29.9 Å². The Hall–Kier alpha value is -1.82. The zero-order valence-electron chi connectivity index (χ0n) is 12.3. The molecule has 1 atom stereocenters. The molecule has 20 heavy (non-hydrogen) atoms. The Kier molecular flexibility index (Phi) is 4.13. The molecule has 0 aliphatic carbocycles. The lowest BCUT2D eigenvalue weighted by Crippen LogP contribution is -2.29. The lowest BCUT2D eigenvalue weighted by atomic mass is 10.2. The van der Waals surface area contributed by atoms with Crippen molar-refractivity contribution in [2.75, 3.05) is 14.2 Å². The first kappa shape index (κ1) is 14.6. The fourth-order valence-corrected chi connectivity index (χ4v) is 2.92. The van der Waals surface area contributed by atoms with Crippen molar-refractivity contribution in [2.45, 2.75) is 26.8 Å².